The molecule has 0 unspecified atom stereocenters. The number of likely N-dealkylation sites (N-methyl/N-ethyl adjacent to an activating group) is 2. The molecule has 2 heteroatoms. The van der Waals surface area contributed by atoms with Gasteiger partial charge in [-0.1, -0.05) is 0 Å². The quantitative estimate of drug-likeness (QED) is 0.546. The zero-order valence-corrected chi connectivity index (χ0v) is 6.35. The standard InChI is InChI=1S/C7H16N2/c1-8-7-4-3-5-9(2)6-7/h7-8H,3-6H2,1-2H3/t7-/m1/s1. The highest BCUT2D eigenvalue weighted by Crippen LogP contribution is 2.06. The minimum atomic E-state index is 0.740. The molecule has 1 atom stereocenters. The molecule has 0 aromatic carbocycles. The highest BCUT2D eigenvalue weighted by molar-refractivity contribution is 4.74. The molecule has 0 radical (unpaired) electrons. The number of nitrogens with one attached hydrogen (secondary N) is 1. The summed E-state index contributed by atoms with van der Waals surface area (Å²) in [4.78, 5) is 2.38. The van der Waals surface area contributed by atoms with E-state index in [0.717, 1.165) is 6.04 Å². The van der Waals surface area contributed by atoms with Crippen molar-refractivity contribution in [2.45, 2.75) is 18.9 Å². The van der Waals surface area contributed by atoms with Gasteiger partial charge in [-0.3, -0.25) is 0 Å². The Morgan fingerprint density at radius 1 is 1.56 bits per heavy atom. The molecule has 1 saturated heterocycles. The summed E-state index contributed by atoms with van der Waals surface area (Å²) in [6.45, 7) is 2.49. The molecule has 0 aromatic rings. The highest BCUT2D eigenvalue weighted by Gasteiger charge is 2.13. The van der Waals surface area contributed by atoms with E-state index in [1.807, 2.05) is 7.05 Å². The summed E-state index contributed by atoms with van der Waals surface area (Å²) in [5.41, 5.74) is 0. The topological polar surface area (TPSA) is 15.3 Å². The highest BCUT2D eigenvalue weighted by atomic mass is 15.1. The first kappa shape index (κ1) is 7.03. The van der Waals surface area contributed by atoms with Gasteiger partial charge in [-0.15, -0.1) is 0 Å². The lowest BCUT2D eigenvalue weighted by Gasteiger charge is -2.29. The summed E-state index contributed by atoms with van der Waals surface area (Å²) in [5, 5.41) is 3.29. The molecule has 54 valence electrons. The Morgan fingerprint density at radius 2 is 2.33 bits per heavy atom. The minimum Gasteiger partial charge on any atom is -0.316 e. The molecular weight excluding hydrogens is 112 g/mol. The second-order valence-electron chi connectivity index (χ2n) is 2.89. The third-order valence-corrected chi connectivity index (χ3v) is 2.03. The molecule has 1 rings (SSSR count). The first-order valence-electron chi connectivity index (χ1n) is 3.68. The summed E-state index contributed by atoms with van der Waals surface area (Å²) in [5.74, 6) is 0. The van der Waals surface area contributed by atoms with Crippen LogP contribution in [0.15, 0.2) is 0 Å². The number of hydrogen-bond donors (Lipinski definition) is 1. The van der Waals surface area contributed by atoms with Crippen LogP contribution < -0.4 is 5.32 Å². The van der Waals surface area contributed by atoms with E-state index in [9.17, 15) is 0 Å². The van der Waals surface area contributed by atoms with Crippen LogP contribution in [-0.4, -0.2) is 38.1 Å². The Hall–Kier alpha value is -0.0800. The molecule has 0 bridgehead atoms. The molecule has 1 aliphatic rings. The maximum atomic E-state index is 3.29. The largest absolute Gasteiger partial charge is 0.316 e. The Morgan fingerprint density at radius 3 is 2.78 bits per heavy atom. The number of hydrogen-bond acceptors (Lipinski definition) is 2. The van der Waals surface area contributed by atoms with Gasteiger partial charge in [-0.25, -0.2) is 0 Å². The molecule has 0 aromatic heterocycles. The number of nitrogens with zero attached hydrogens (tertiary/aromatic N) is 1. The van der Waals surface area contributed by atoms with Gasteiger partial charge in [0.25, 0.3) is 0 Å². The van der Waals surface area contributed by atoms with Crippen molar-refractivity contribution in [2.24, 2.45) is 0 Å². The van der Waals surface area contributed by atoms with Gasteiger partial charge < -0.3 is 10.2 Å². The van der Waals surface area contributed by atoms with Gasteiger partial charge >= 0.3 is 0 Å². The summed E-state index contributed by atoms with van der Waals surface area (Å²) in [7, 11) is 4.23. The van der Waals surface area contributed by atoms with Crippen molar-refractivity contribution in [1.82, 2.24) is 10.2 Å². The molecule has 0 amide bonds. The van der Waals surface area contributed by atoms with E-state index in [-0.39, 0.29) is 0 Å². The van der Waals surface area contributed by atoms with Gasteiger partial charge in [0.15, 0.2) is 0 Å². The number of rotatable bonds is 1. The molecule has 0 saturated carbocycles. The van der Waals surface area contributed by atoms with Crippen LogP contribution in [-0.2, 0) is 0 Å². The Labute approximate surface area is 57.2 Å². The summed E-state index contributed by atoms with van der Waals surface area (Å²) in [6, 6.07) is 0.740. The smallest absolute Gasteiger partial charge is 0.0192 e. The van der Waals surface area contributed by atoms with Gasteiger partial charge in [-0.2, -0.15) is 0 Å². The Kier molecular flexibility index (Phi) is 2.49. The van der Waals surface area contributed by atoms with Crippen LogP contribution in [0.25, 0.3) is 0 Å². The maximum absolute atomic E-state index is 3.29. The molecule has 0 aliphatic carbocycles. The van der Waals surface area contributed by atoms with Crippen LogP contribution in [0.5, 0.6) is 0 Å². The van der Waals surface area contributed by atoms with Gasteiger partial charge in [0.1, 0.15) is 0 Å². The molecule has 0 spiro atoms. The average Bonchev–Trinajstić information content (AvgIpc) is 1.88. The monoisotopic (exact) mass is 128 g/mol. The van der Waals surface area contributed by atoms with Crippen molar-refractivity contribution < 1.29 is 0 Å². The molecule has 9 heavy (non-hydrogen) atoms. The van der Waals surface area contributed by atoms with Crippen molar-refractivity contribution in [1.29, 1.82) is 0 Å². The number of piperidine rings is 1. The SMILES string of the molecule is CN[C@@H]1CCCN(C)C1. The normalized spacial score (nSPS) is 30.7. The van der Waals surface area contributed by atoms with Gasteiger partial charge in [0.05, 0.1) is 0 Å². The lowest BCUT2D eigenvalue weighted by molar-refractivity contribution is 0.234. The van der Waals surface area contributed by atoms with E-state index in [0.29, 0.717) is 0 Å². The van der Waals surface area contributed by atoms with Crippen molar-refractivity contribution in [3.05, 3.63) is 0 Å². The average molecular weight is 128 g/mol. The zero-order chi connectivity index (χ0) is 6.69. The van der Waals surface area contributed by atoms with Crippen molar-refractivity contribution >= 4 is 0 Å². The van der Waals surface area contributed by atoms with Crippen LogP contribution in [0, 0.1) is 0 Å². The Balaban J connectivity index is 2.23. The fourth-order valence-corrected chi connectivity index (χ4v) is 1.40. The third kappa shape index (κ3) is 1.95. The first-order chi connectivity index (χ1) is 4.33. The molecule has 1 N–H and O–H groups in total. The van der Waals surface area contributed by atoms with E-state index in [4.69, 9.17) is 0 Å². The van der Waals surface area contributed by atoms with E-state index in [1.165, 1.54) is 25.9 Å². The first-order valence-corrected chi connectivity index (χ1v) is 3.68. The lowest BCUT2D eigenvalue weighted by Crippen LogP contribution is -2.42. The fraction of sp³-hybridized carbons (Fsp3) is 1.00. The predicted molar refractivity (Wildman–Crippen MR) is 39.6 cm³/mol. The second-order valence-corrected chi connectivity index (χ2v) is 2.89. The fourth-order valence-electron chi connectivity index (χ4n) is 1.40. The van der Waals surface area contributed by atoms with E-state index in [2.05, 4.69) is 17.3 Å². The molecular formula is C7H16N2. The van der Waals surface area contributed by atoms with Gasteiger partial charge in [0.2, 0.25) is 0 Å². The third-order valence-electron chi connectivity index (χ3n) is 2.03. The van der Waals surface area contributed by atoms with E-state index < -0.39 is 0 Å². The number of likely N-dealkylation sites (tertiary alicyclic amines) is 1. The predicted octanol–water partition coefficient (Wildman–Crippen LogP) is 0.300. The van der Waals surface area contributed by atoms with Gasteiger partial charge in [-0.05, 0) is 33.5 Å². The lowest BCUT2D eigenvalue weighted by atomic mass is 10.1. The molecule has 2 nitrogen and oxygen atoms in total. The second kappa shape index (κ2) is 3.18. The van der Waals surface area contributed by atoms with Crippen LogP contribution in [0.1, 0.15) is 12.8 Å². The zero-order valence-electron chi connectivity index (χ0n) is 6.35. The summed E-state index contributed by atoms with van der Waals surface area (Å²) in [6.07, 6.45) is 2.70. The van der Waals surface area contributed by atoms with Gasteiger partial charge in [0, 0.05) is 12.6 Å². The van der Waals surface area contributed by atoms with Crippen LogP contribution in [0.2, 0.25) is 0 Å². The summed E-state index contributed by atoms with van der Waals surface area (Å²) >= 11 is 0. The molecule has 1 aliphatic heterocycles. The van der Waals surface area contributed by atoms with Crippen molar-refractivity contribution in [2.75, 3.05) is 27.2 Å². The Bertz CT molecular complexity index is 83.0. The van der Waals surface area contributed by atoms with Crippen LogP contribution in [0.3, 0.4) is 0 Å². The van der Waals surface area contributed by atoms with Crippen molar-refractivity contribution in [3.8, 4) is 0 Å². The van der Waals surface area contributed by atoms with Crippen molar-refractivity contribution in [3.63, 3.8) is 0 Å². The molecule has 1 fully saturated rings. The van der Waals surface area contributed by atoms with E-state index in [1.54, 1.807) is 0 Å². The van der Waals surface area contributed by atoms with Crippen LogP contribution in [0.4, 0.5) is 0 Å². The minimum absolute atomic E-state index is 0.740. The van der Waals surface area contributed by atoms with Crippen LogP contribution >= 0.6 is 0 Å². The maximum Gasteiger partial charge on any atom is 0.0192 e. The molecule has 1 heterocycles. The van der Waals surface area contributed by atoms with E-state index >= 15 is 0 Å². The summed E-state index contributed by atoms with van der Waals surface area (Å²) < 4.78 is 0.